The molecule has 0 unspecified atom stereocenters. The Hall–Kier alpha value is -2.40. The van der Waals surface area contributed by atoms with Gasteiger partial charge in [0.1, 0.15) is 6.26 Å². The van der Waals surface area contributed by atoms with Gasteiger partial charge in [-0.2, -0.15) is 0 Å². The molecule has 2 aliphatic rings. The molecule has 1 aliphatic carbocycles. The lowest BCUT2D eigenvalue weighted by Crippen LogP contribution is -2.30. The number of halogens is 1. The molecule has 122 valence electrons. The Labute approximate surface area is 143 Å². The normalized spacial score (nSPS) is 23.0. The van der Waals surface area contributed by atoms with E-state index in [-0.39, 0.29) is 30.2 Å². The highest BCUT2D eigenvalue weighted by molar-refractivity contribution is 6.30. The van der Waals surface area contributed by atoms with Crippen molar-refractivity contribution in [3.8, 4) is 11.5 Å². The monoisotopic (exact) mass is 342 g/mol. The SMILES string of the molecule is O=C1[C@@H]2CC=CC[C@H]2C(=O)N1Cc1coc(-c2ccc(Cl)cc2)n1. The van der Waals surface area contributed by atoms with Crippen molar-refractivity contribution in [3.63, 3.8) is 0 Å². The molecule has 0 saturated carbocycles. The molecule has 1 fully saturated rings. The number of nitrogens with zero attached hydrogens (tertiary/aromatic N) is 2. The molecule has 0 bridgehead atoms. The molecule has 2 aromatic rings. The van der Waals surface area contributed by atoms with Gasteiger partial charge in [0.05, 0.1) is 24.1 Å². The fraction of sp³-hybridized carbons (Fsp3) is 0.278. The zero-order valence-corrected chi connectivity index (χ0v) is 13.6. The highest BCUT2D eigenvalue weighted by Crippen LogP contribution is 2.35. The van der Waals surface area contributed by atoms with Crippen molar-refractivity contribution >= 4 is 23.4 Å². The number of amides is 2. The maximum Gasteiger partial charge on any atom is 0.233 e. The number of hydrogen-bond acceptors (Lipinski definition) is 4. The first-order valence-electron chi connectivity index (χ1n) is 7.84. The van der Waals surface area contributed by atoms with Gasteiger partial charge in [-0.3, -0.25) is 14.5 Å². The summed E-state index contributed by atoms with van der Waals surface area (Å²) in [6, 6.07) is 7.13. The standard InChI is InChI=1S/C18H15ClN2O3/c19-12-7-5-11(6-8-12)16-20-13(10-24-16)9-21-17(22)14-3-1-2-4-15(14)18(21)23/h1-2,5-8,10,14-15H,3-4,9H2/t14-,15-/m1/s1. The van der Waals surface area contributed by atoms with Crippen molar-refractivity contribution in [1.82, 2.24) is 9.88 Å². The number of fused-ring (bicyclic) bond motifs is 1. The molecule has 5 nitrogen and oxygen atoms in total. The Morgan fingerprint density at radius 1 is 1.08 bits per heavy atom. The average Bonchev–Trinajstić information content (AvgIpc) is 3.16. The molecule has 1 aromatic carbocycles. The smallest absolute Gasteiger partial charge is 0.233 e. The molecule has 0 radical (unpaired) electrons. The first-order chi connectivity index (χ1) is 11.6. The number of rotatable bonds is 3. The molecular weight excluding hydrogens is 328 g/mol. The summed E-state index contributed by atoms with van der Waals surface area (Å²) in [6.07, 6.45) is 6.72. The largest absolute Gasteiger partial charge is 0.444 e. The molecule has 1 aliphatic heterocycles. The number of carbonyl (C=O) groups excluding carboxylic acids is 2. The molecule has 2 amide bonds. The number of carbonyl (C=O) groups is 2. The number of oxazole rings is 1. The molecule has 2 atom stereocenters. The van der Waals surface area contributed by atoms with Crippen LogP contribution in [-0.4, -0.2) is 21.7 Å². The number of allylic oxidation sites excluding steroid dienone is 2. The summed E-state index contributed by atoms with van der Waals surface area (Å²) in [5, 5.41) is 0.634. The van der Waals surface area contributed by atoms with Crippen molar-refractivity contribution in [2.45, 2.75) is 19.4 Å². The third-order valence-corrected chi connectivity index (χ3v) is 4.81. The fourth-order valence-corrected chi connectivity index (χ4v) is 3.42. The number of benzene rings is 1. The van der Waals surface area contributed by atoms with Crippen molar-refractivity contribution < 1.29 is 14.0 Å². The van der Waals surface area contributed by atoms with E-state index in [1.165, 1.54) is 11.2 Å². The average molecular weight is 343 g/mol. The fourth-order valence-electron chi connectivity index (χ4n) is 3.29. The second-order valence-electron chi connectivity index (χ2n) is 6.07. The van der Waals surface area contributed by atoms with Crippen LogP contribution in [0.25, 0.3) is 11.5 Å². The summed E-state index contributed by atoms with van der Waals surface area (Å²) >= 11 is 5.87. The van der Waals surface area contributed by atoms with Gasteiger partial charge in [0.2, 0.25) is 17.7 Å². The molecule has 1 aromatic heterocycles. The zero-order valence-electron chi connectivity index (χ0n) is 12.8. The first kappa shape index (κ1) is 15.1. The van der Waals surface area contributed by atoms with E-state index in [0.717, 1.165) is 5.56 Å². The maximum atomic E-state index is 12.5. The summed E-state index contributed by atoms with van der Waals surface area (Å²) in [7, 11) is 0. The predicted molar refractivity (Wildman–Crippen MR) is 87.9 cm³/mol. The maximum absolute atomic E-state index is 12.5. The highest BCUT2D eigenvalue weighted by atomic mass is 35.5. The van der Waals surface area contributed by atoms with Crippen LogP contribution >= 0.6 is 11.6 Å². The van der Waals surface area contributed by atoms with Crippen LogP contribution < -0.4 is 0 Å². The van der Waals surface area contributed by atoms with Crippen LogP contribution in [0.15, 0.2) is 47.1 Å². The van der Waals surface area contributed by atoms with Crippen LogP contribution in [0.2, 0.25) is 5.02 Å². The van der Waals surface area contributed by atoms with Crippen molar-refractivity contribution in [2.75, 3.05) is 0 Å². The lowest BCUT2D eigenvalue weighted by molar-refractivity contribution is -0.140. The molecular formula is C18H15ClN2O3. The Morgan fingerprint density at radius 2 is 1.71 bits per heavy atom. The van der Waals surface area contributed by atoms with Gasteiger partial charge in [-0.1, -0.05) is 23.8 Å². The van der Waals surface area contributed by atoms with Gasteiger partial charge < -0.3 is 4.42 Å². The summed E-state index contributed by atoms with van der Waals surface area (Å²) in [6.45, 7) is 0.155. The van der Waals surface area contributed by atoms with E-state index in [4.69, 9.17) is 16.0 Å². The van der Waals surface area contributed by atoms with E-state index >= 15 is 0 Å². The lowest BCUT2D eigenvalue weighted by atomic mass is 9.85. The molecule has 0 N–H and O–H groups in total. The minimum Gasteiger partial charge on any atom is -0.444 e. The number of aromatic nitrogens is 1. The van der Waals surface area contributed by atoms with Crippen LogP contribution in [0.5, 0.6) is 0 Å². The van der Waals surface area contributed by atoms with Gasteiger partial charge >= 0.3 is 0 Å². The third-order valence-electron chi connectivity index (χ3n) is 4.56. The molecule has 2 heterocycles. The van der Waals surface area contributed by atoms with E-state index in [1.807, 2.05) is 24.3 Å². The zero-order chi connectivity index (χ0) is 16.7. The lowest BCUT2D eigenvalue weighted by Gasteiger charge is -2.14. The number of hydrogen-bond donors (Lipinski definition) is 0. The second kappa shape index (κ2) is 5.91. The van der Waals surface area contributed by atoms with Gasteiger partial charge in [0.25, 0.3) is 0 Å². The number of imide groups is 1. The van der Waals surface area contributed by atoms with Crippen LogP contribution in [0.1, 0.15) is 18.5 Å². The molecule has 1 saturated heterocycles. The molecule has 24 heavy (non-hydrogen) atoms. The first-order valence-corrected chi connectivity index (χ1v) is 8.22. The van der Waals surface area contributed by atoms with Crippen LogP contribution in [-0.2, 0) is 16.1 Å². The van der Waals surface area contributed by atoms with Gasteiger partial charge in [-0.15, -0.1) is 0 Å². The Balaban J connectivity index is 1.53. The summed E-state index contributed by atoms with van der Waals surface area (Å²) in [5.41, 5.74) is 1.36. The van der Waals surface area contributed by atoms with Crippen LogP contribution in [0.3, 0.4) is 0 Å². The molecule has 0 spiro atoms. The van der Waals surface area contributed by atoms with Gasteiger partial charge in [0, 0.05) is 10.6 Å². The Bertz CT molecular complexity index is 799. The molecule has 6 heteroatoms. The Kier molecular flexibility index (Phi) is 3.73. The minimum absolute atomic E-state index is 0.106. The number of likely N-dealkylation sites (tertiary alicyclic amines) is 1. The van der Waals surface area contributed by atoms with Crippen LogP contribution in [0.4, 0.5) is 0 Å². The third kappa shape index (κ3) is 2.55. The van der Waals surface area contributed by atoms with E-state index in [1.54, 1.807) is 12.1 Å². The van der Waals surface area contributed by atoms with Crippen LogP contribution in [0, 0.1) is 11.8 Å². The van der Waals surface area contributed by atoms with E-state index in [9.17, 15) is 9.59 Å². The van der Waals surface area contributed by atoms with E-state index in [2.05, 4.69) is 4.98 Å². The predicted octanol–water partition coefficient (Wildman–Crippen LogP) is 3.45. The van der Waals surface area contributed by atoms with Crippen molar-refractivity contribution in [3.05, 3.63) is 53.4 Å². The van der Waals surface area contributed by atoms with Gasteiger partial charge in [0.15, 0.2) is 0 Å². The summed E-state index contributed by atoms with van der Waals surface area (Å²) in [5.74, 6) is -0.203. The van der Waals surface area contributed by atoms with Crippen molar-refractivity contribution in [1.29, 1.82) is 0 Å². The highest BCUT2D eigenvalue weighted by Gasteiger charge is 2.47. The minimum atomic E-state index is -0.217. The summed E-state index contributed by atoms with van der Waals surface area (Å²) in [4.78, 5) is 30.6. The van der Waals surface area contributed by atoms with Gasteiger partial charge in [-0.25, -0.2) is 4.98 Å². The topological polar surface area (TPSA) is 63.4 Å². The van der Waals surface area contributed by atoms with E-state index < -0.39 is 0 Å². The second-order valence-corrected chi connectivity index (χ2v) is 6.51. The van der Waals surface area contributed by atoms with E-state index in [0.29, 0.717) is 29.4 Å². The molecule has 4 rings (SSSR count). The Morgan fingerprint density at radius 3 is 2.33 bits per heavy atom. The summed E-state index contributed by atoms with van der Waals surface area (Å²) < 4.78 is 5.47. The van der Waals surface area contributed by atoms with Crippen molar-refractivity contribution in [2.24, 2.45) is 11.8 Å². The van der Waals surface area contributed by atoms with Gasteiger partial charge in [-0.05, 0) is 37.1 Å². The quantitative estimate of drug-likeness (QED) is 0.633.